The van der Waals surface area contributed by atoms with Crippen LogP contribution in [0.1, 0.15) is 57.4 Å². The summed E-state index contributed by atoms with van der Waals surface area (Å²) in [6.45, 7) is -2.99. The molecule has 3 saturated heterocycles. The molecule has 6 aromatic carbocycles. The van der Waals surface area contributed by atoms with E-state index >= 15 is 14.4 Å². The maximum atomic E-state index is 15.1. The van der Waals surface area contributed by atoms with Crippen molar-refractivity contribution in [1.82, 2.24) is 16.0 Å². The number of ether oxygens (including phenoxy) is 15. The number of hydrogen-bond acceptors (Lipinski definition) is 26. The van der Waals surface area contributed by atoms with Crippen LogP contribution in [-0.4, -0.2) is 210 Å². The van der Waals surface area contributed by atoms with Crippen LogP contribution < -0.4 is 16.0 Å². The quantitative estimate of drug-likeness (QED) is 0.0171. The van der Waals surface area contributed by atoms with Gasteiger partial charge in [0, 0.05) is 6.54 Å². The molecule has 0 radical (unpaired) electrons. The molecule has 6 aromatic rings. The normalized spacial score (nSPS) is 23.8. The SMILES string of the molecule is COC(=O)[C@H]1O[C@@H](O[C@@H]2[C@@H](NC(=O)C(Cl)(Cl)Cl)[C@H](OCCNC(=O)OCc3ccccc3)O[C@H](COC(=O)c3ccccc3)[C@@H]2OC(=O)CCl)[C@H](OC(=O)c2ccccc2)[C@@H](OC(=O)c2ccccc2)[C@@H]1O[C@@H]1O[C@H](COC(=O)c2ccccc2)[C@H](OC(=O)CCl)[C@H](OC(=O)c2ccccc2)[C@H]1NC(=O)C(Cl)(Cl)Cl. The van der Waals surface area contributed by atoms with Crippen LogP contribution in [0.25, 0.3) is 0 Å². The first-order chi connectivity index (χ1) is 52.2. The highest BCUT2D eigenvalue weighted by Crippen LogP contribution is 2.40. The number of nitrogens with one attached hydrogen (secondary N) is 3. The standard InChI is InChI=1S/C72H65Cl8N3O26/c1-95-64(91)57-55(108-66-50(83-69(93)72(78,79)80)53(104-61(88)42-26-14-5-15-27-42)51(102-47(84)34-73)46(101-66)38-98-60(87)41-24-12-4-13-25-41)56(105-62(89)43-28-16-6-17-29-43)58(106-63(90)44-30-18-7-19-31-44)67(109-57)107-54-49(82-68(92)71(75,76)77)65(96-33-32-81-70(94)99-36-39-20-8-2-9-21-39)100-45(52(54)103-48(85)35-74)37-97-59(86)40-22-10-3-11-23-40/h2-31,45-46,49-58,65-67H,32-38H2,1H3,(H,81,94)(H,82,92)(H,83,93)/t45-,46-,49-,50-,51+,52+,53-,54-,55+,56+,57+,58-,65-,66+,67-/m1/s1. The summed E-state index contributed by atoms with van der Waals surface area (Å²) in [6, 6.07) is 40.2. The highest BCUT2D eigenvalue weighted by atomic mass is 35.6. The summed E-state index contributed by atoms with van der Waals surface area (Å²) in [7, 11) is 0.849. The molecular weight excluding hydrogens is 1610 g/mol. The van der Waals surface area contributed by atoms with Crippen LogP contribution in [0.2, 0.25) is 0 Å². The van der Waals surface area contributed by atoms with Gasteiger partial charge in [0.05, 0.1) is 41.5 Å². The third kappa shape index (κ3) is 23.7. The Morgan fingerprint density at radius 2 is 0.780 bits per heavy atom. The number of benzene rings is 6. The predicted molar refractivity (Wildman–Crippen MR) is 384 cm³/mol. The molecule has 3 fully saturated rings. The zero-order valence-corrected chi connectivity index (χ0v) is 62.6. The Labute approximate surface area is 660 Å². The molecule has 37 heteroatoms. The maximum Gasteiger partial charge on any atom is 0.407 e. The van der Waals surface area contributed by atoms with Crippen LogP contribution >= 0.6 is 92.8 Å². The minimum atomic E-state index is -2.93. The molecule has 9 rings (SSSR count). The third-order valence-corrected chi connectivity index (χ3v) is 17.5. The molecule has 0 saturated carbocycles. The molecule has 0 aliphatic carbocycles. The Morgan fingerprint density at radius 3 is 1.20 bits per heavy atom. The summed E-state index contributed by atoms with van der Waals surface area (Å²) in [5.74, 6) is -14.6. The van der Waals surface area contributed by atoms with E-state index in [2.05, 4.69) is 16.0 Å². The second kappa shape index (κ2) is 40.4. The summed E-state index contributed by atoms with van der Waals surface area (Å²) in [6.07, 6.45) is -30.1. The van der Waals surface area contributed by atoms with Crippen molar-refractivity contribution in [3.63, 3.8) is 0 Å². The van der Waals surface area contributed by atoms with Gasteiger partial charge in [-0.25, -0.2) is 33.6 Å². The summed E-state index contributed by atoms with van der Waals surface area (Å²) in [4.78, 5) is 156. The lowest BCUT2D eigenvalue weighted by molar-refractivity contribution is -0.359. The molecule has 3 N–H and O–H groups in total. The lowest BCUT2D eigenvalue weighted by Gasteiger charge is -2.50. The first kappa shape index (κ1) is 84.4. The molecule has 29 nitrogen and oxygen atoms in total. The van der Waals surface area contributed by atoms with Crippen molar-refractivity contribution in [3.8, 4) is 0 Å². The van der Waals surface area contributed by atoms with E-state index in [0.29, 0.717) is 5.56 Å². The summed E-state index contributed by atoms with van der Waals surface area (Å²) >= 11 is 49.6. The number of alkyl halides is 8. The molecule has 580 valence electrons. The Morgan fingerprint density at radius 1 is 0.404 bits per heavy atom. The second-order valence-corrected chi connectivity index (χ2v) is 28.5. The van der Waals surface area contributed by atoms with Crippen molar-refractivity contribution < 1.29 is 124 Å². The average Bonchev–Trinajstić information content (AvgIpc) is 0.753. The molecule has 3 aliphatic rings. The summed E-state index contributed by atoms with van der Waals surface area (Å²) in [5, 5.41) is 7.29. The van der Waals surface area contributed by atoms with Crippen LogP contribution in [0.15, 0.2) is 182 Å². The van der Waals surface area contributed by atoms with E-state index in [4.69, 9.17) is 164 Å². The van der Waals surface area contributed by atoms with E-state index in [1.807, 2.05) is 0 Å². The topological polar surface area (TPSA) is 362 Å². The number of carbonyl (C=O) groups excluding carboxylic acids is 11. The highest BCUT2D eigenvalue weighted by molar-refractivity contribution is 6.76. The fourth-order valence-corrected chi connectivity index (χ4v) is 11.5. The van der Waals surface area contributed by atoms with E-state index < -0.39 is 203 Å². The molecule has 3 amide bonds. The van der Waals surface area contributed by atoms with E-state index in [9.17, 15) is 38.4 Å². The molecular formula is C72H65Cl8N3O26. The number of carbonyl (C=O) groups is 11. The Bertz CT molecular complexity index is 4090. The molecule has 3 heterocycles. The first-order valence-corrected chi connectivity index (χ1v) is 36.0. The van der Waals surface area contributed by atoms with Crippen LogP contribution in [0, 0.1) is 0 Å². The average molecular weight is 1670 g/mol. The van der Waals surface area contributed by atoms with E-state index in [0.717, 1.165) is 7.11 Å². The minimum absolute atomic E-state index is 0.00421. The molecule has 0 aromatic heterocycles. The number of methoxy groups -OCH3 is 1. The first-order valence-electron chi connectivity index (χ1n) is 32.6. The van der Waals surface area contributed by atoms with Gasteiger partial charge in [0.15, 0.2) is 55.5 Å². The number of hydrogen-bond donors (Lipinski definition) is 3. The fourth-order valence-electron chi connectivity index (χ4n) is 11.0. The van der Waals surface area contributed by atoms with E-state index in [1.165, 1.54) is 133 Å². The second-order valence-electron chi connectivity index (χ2n) is 23.4. The number of rotatable bonds is 29. The zero-order chi connectivity index (χ0) is 78.4. The number of alkyl carbamates (subject to hydrolysis) is 1. The number of esters is 8. The Hall–Kier alpha value is -8.63. The molecule has 109 heavy (non-hydrogen) atoms. The van der Waals surface area contributed by atoms with Gasteiger partial charge in [-0.2, -0.15) is 0 Å². The molecule has 0 bridgehead atoms. The summed E-state index contributed by atoms with van der Waals surface area (Å²) in [5.41, 5.74) is -0.0209. The zero-order valence-electron chi connectivity index (χ0n) is 56.6. The number of amides is 3. The largest absolute Gasteiger partial charge is 0.467 e. The van der Waals surface area contributed by atoms with Crippen molar-refractivity contribution >= 4 is 158 Å². The van der Waals surface area contributed by atoms with Crippen molar-refractivity contribution in [1.29, 1.82) is 0 Å². The van der Waals surface area contributed by atoms with Gasteiger partial charge in [-0.15, -0.1) is 23.2 Å². The minimum Gasteiger partial charge on any atom is -0.467 e. The lowest BCUT2D eigenvalue weighted by Crippen LogP contribution is -2.72. The van der Waals surface area contributed by atoms with E-state index in [-0.39, 0.29) is 34.4 Å². The van der Waals surface area contributed by atoms with Gasteiger partial charge in [0.2, 0.25) is 0 Å². The fraction of sp³-hybridized carbons (Fsp3) is 0.347. The van der Waals surface area contributed by atoms with Crippen LogP contribution in [0.5, 0.6) is 0 Å². The Kier molecular flexibility index (Phi) is 31.2. The van der Waals surface area contributed by atoms with Gasteiger partial charge < -0.3 is 87.0 Å². The van der Waals surface area contributed by atoms with Crippen LogP contribution in [0.3, 0.4) is 0 Å². The van der Waals surface area contributed by atoms with Gasteiger partial charge in [-0.3, -0.25) is 19.2 Å². The van der Waals surface area contributed by atoms with Gasteiger partial charge in [-0.05, 0) is 66.2 Å². The molecule has 15 atom stereocenters. The predicted octanol–water partition coefficient (Wildman–Crippen LogP) is 8.45. The monoisotopic (exact) mass is 1670 g/mol. The van der Waals surface area contributed by atoms with Crippen molar-refractivity contribution in [2.24, 2.45) is 0 Å². The molecule has 0 spiro atoms. The van der Waals surface area contributed by atoms with Crippen LogP contribution in [0.4, 0.5) is 4.79 Å². The number of halogens is 8. The van der Waals surface area contributed by atoms with Crippen molar-refractivity contribution in [3.05, 3.63) is 215 Å². The Balaban J connectivity index is 1.22. The van der Waals surface area contributed by atoms with Gasteiger partial charge >= 0.3 is 53.8 Å². The molecule has 0 unspecified atom stereocenters. The highest BCUT2D eigenvalue weighted by Gasteiger charge is 2.62. The van der Waals surface area contributed by atoms with E-state index in [1.54, 1.807) is 48.5 Å². The molecule has 3 aliphatic heterocycles. The summed E-state index contributed by atoms with van der Waals surface area (Å²) < 4.78 is 86.5. The van der Waals surface area contributed by atoms with Gasteiger partial charge in [0.1, 0.15) is 68.1 Å². The van der Waals surface area contributed by atoms with Gasteiger partial charge in [-0.1, -0.05) is 191 Å². The third-order valence-electron chi connectivity index (χ3n) is 16.1. The van der Waals surface area contributed by atoms with Crippen molar-refractivity contribution in [2.45, 2.75) is 106 Å². The maximum absolute atomic E-state index is 15.1. The van der Waals surface area contributed by atoms with Crippen molar-refractivity contribution in [2.75, 3.05) is 45.2 Å². The smallest absolute Gasteiger partial charge is 0.407 e. The lowest BCUT2D eigenvalue weighted by atomic mass is 9.93. The van der Waals surface area contributed by atoms with Gasteiger partial charge in [0.25, 0.3) is 19.4 Å². The van der Waals surface area contributed by atoms with Crippen LogP contribution in [-0.2, 0) is 102 Å².